The topological polar surface area (TPSA) is 113 Å². The van der Waals surface area contributed by atoms with E-state index >= 15 is 0 Å². The second-order valence-electron chi connectivity index (χ2n) is 6.41. The molecule has 2 fully saturated rings. The number of fused-ring (bicyclic) bond motifs is 5. The van der Waals surface area contributed by atoms with E-state index in [1.807, 2.05) is 12.2 Å². The Labute approximate surface area is 140 Å². The van der Waals surface area contributed by atoms with Crippen molar-refractivity contribution in [2.24, 2.45) is 23.7 Å². The summed E-state index contributed by atoms with van der Waals surface area (Å²) >= 11 is 0. The number of sulfonamides is 1. The molecule has 1 aliphatic heterocycles. The van der Waals surface area contributed by atoms with Gasteiger partial charge in [-0.05, 0) is 25.2 Å². The van der Waals surface area contributed by atoms with E-state index in [0.717, 1.165) is 11.3 Å². The number of imide groups is 1. The van der Waals surface area contributed by atoms with Crippen LogP contribution in [0.1, 0.15) is 13.3 Å². The Morgan fingerprint density at radius 1 is 1.17 bits per heavy atom. The van der Waals surface area contributed by atoms with Crippen LogP contribution in [0.15, 0.2) is 12.2 Å². The fourth-order valence-corrected chi connectivity index (χ4v) is 4.45. The zero-order chi connectivity index (χ0) is 17.5. The summed E-state index contributed by atoms with van der Waals surface area (Å²) in [5.74, 6) is -1.40. The number of nitrogens with zero attached hydrogens (tertiary/aromatic N) is 1. The Hall–Kier alpha value is -1.74. The fraction of sp³-hybridized carbons (Fsp3) is 0.667. The third kappa shape index (κ3) is 2.98. The number of amides is 3. The molecule has 8 nitrogen and oxygen atoms in total. The summed E-state index contributed by atoms with van der Waals surface area (Å²) in [5.41, 5.74) is 0. The molecular formula is C15H21N3O5S. The molecule has 4 atom stereocenters. The van der Waals surface area contributed by atoms with Crippen LogP contribution in [0.3, 0.4) is 0 Å². The molecule has 3 amide bonds. The summed E-state index contributed by atoms with van der Waals surface area (Å²) in [6.07, 6.45) is 4.85. The molecule has 0 radical (unpaired) electrons. The fourth-order valence-electron chi connectivity index (χ4n) is 3.83. The van der Waals surface area contributed by atoms with Crippen molar-refractivity contribution in [2.75, 3.05) is 25.4 Å². The van der Waals surface area contributed by atoms with Gasteiger partial charge in [0.1, 0.15) is 6.54 Å². The first kappa shape index (κ1) is 17.1. The van der Waals surface area contributed by atoms with Gasteiger partial charge in [-0.25, -0.2) is 13.1 Å². The van der Waals surface area contributed by atoms with Gasteiger partial charge in [0.2, 0.25) is 27.7 Å². The zero-order valence-electron chi connectivity index (χ0n) is 13.4. The van der Waals surface area contributed by atoms with Crippen LogP contribution in [0.2, 0.25) is 0 Å². The van der Waals surface area contributed by atoms with Crippen LogP contribution >= 0.6 is 0 Å². The predicted molar refractivity (Wildman–Crippen MR) is 84.9 cm³/mol. The Morgan fingerprint density at radius 3 is 2.29 bits per heavy atom. The molecule has 0 unspecified atom stereocenters. The SMILES string of the molecule is CCS(=O)(=O)NCCNC(=O)CN1C(=O)[C@H]2[C@H](C1=O)[C@H]1C=C[C@H]2C1. The summed E-state index contributed by atoms with van der Waals surface area (Å²) in [6, 6.07) is 0. The third-order valence-electron chi connectivity index (χ3n) is 5.01. The van der Waals surface area contributed by atoms with Crippen LogP contribution in [0.4, 0.5) is 0 Å². The first-order valence-electron chi connectivity index (χ1n) is 8.11. The van der Waals surface area contributed by atoms with Gasteiger partial charge < -0.3 is 5.32 Å². The number of hydrogen-bond donors (Lipinski definition) is 2. The molecule has 0 spiro atoms. The summed E-state index contributed by atoms with van der Waals surface area (Å²) < 4.78 is 24.9. The van der Waals surface area contributed by atoms with Crippen LogP contribution in [-0.2, 0) is 24.4 Å². The van der Waals surface area contributed by atoms with Crippen LogP contribution < -0.4 is 10.0 Å². The maximum Gasteiger partial charge on any atom is 0.240 e. The minimum Gasteiger partial charge on any atom is -0.353 e. The number of nitrogens with one attached hydrogen (secondary N) is 2. The van der Waals surface area contributed by atoms with E-state index in [4.69, 9.17) is 0 Å². The Bertz CT molecular complexity index is 672. The van der Waals surface area contributed by atoms with E-state index in [0.29, 0.717) is 0 Å². The molecule has 2 aliphatic carbocycles. The maximum atomic E-state index is 12.4. The number of carbonyl (C=O) groups is 3. The standard InChI is InChI=1S/C15H21N3O5S/c1-2-24(22,23)17-6-5-16-11(19)8-18-14(20)12-9-3-4-10(7-9)13(12)15(18)21/h3-4,9-10,12-13,17H,2,5-8H2,1H3,(H,16,19)/t9-,10-,12+,13+/m0/s1. The first-order chi connectivity index (χ1) is 11.3. The van der Waals surface area contributed by atoms with E-state index in [1.54, 1.807) is 0 Å². The van der Waals surface area contributed by atoms with Gasteiger partial charge in [-0.15, -0.1) is 0 Å². The predicted octanol–water partition coefficient (Wildman–Crippen LogP) is -1.15. The molecule has 24 heavy (non-hydrogen) atoms. The third-order valence-corrected chi connectivity index (χ3v) is 6.42. The molecule has 0 aromatic carbocycles. The van der Waals surface area contributed by atoms with Crippen LogP contribution in [0, 0.1) is 23.7 Å². The molecule has 2 N–H and O–H groups in total. The molecule has 0 aromatic heterocycles. The lowest BCUT2D eigenvalue weighted by atomic mass is 9.85. The second kappa shape index (κ2) is 6.29. The average Bonchev–Trinajstić information content (AvgIpc) is 3.21. The highest BCUT2D eigenvalue weighted by Crippen LogP contribution is 2.52. The van der Waals surface area contributed by atoms with Crippen molar-refractivity contribution in [3.05, 3.63) is 12.2 Å². The lowest BCUT2D eigenvalue weighted by Gasteiger charge is -2.16. The Kier molecular flexibility index (Phi) is 4.48. The number of rotatable bonds is 7. The van der Waals surface area contributed by atoms with Gasteiger partial charge >= 0.3 is 0 Å². The number of carbonyl (C=O) groups excluding carboxylic acids is 3. The van der Waals surface area contributed by atoms with Crippen LogP contribution in [0.5, 0.6) is 0 Å². The van der Waals surface area contributed by atoms with Gasteiger partial charge in [0.25, 0.3) is 0 Å². The largest absolute Gasteiger partial charge is 0.353 e. The minimum atomic E-state index is -3.30. The normalized spacial score (nSPS) is 31.0. The minimum absolute atomic E-state index is 0.0309. The molecular weight excluding hydrogens is 334 g/mol. The smallest absolute Gasteiger partial charge is 0.240 e. The summed E-state index contributed by atoms with van der Waals surface area (Å²) in [5, 5.41) is 2.52. The molecule has 132 valence electrons. The monoisotopic (exact) mass is 355 g/mol. The number of likely N-dealkylation sites (tertiary alicyclic amines) is 1. The van der Waals surface area contributed by atoms with Crippen LogP contribution in [-0.4, -0.2) is 56.4 Å². The van der Waals surface area contributed by atoms with E-state index in [9.17, 15) is 22.8 Å². The lowest BCUT2D eigenvalue weighted by molar-refractivity contribution is -0.144. The van der Waals surface area contributed by atoms with Crippen molar-refractivity contribution in [1.29, 1.82) is 0 Å². The summed E-state index contributed by atoms with van der Waals surface area (Å²) in [6.45, 7) is 1.39. The van der Waals surface area contributed by atoms with Crippen molar-refractivity contribution < 1.29 is 22.8 Å². The quantitative estimate of drug-likeness (QED) is 0.340. The van der Waals surface area contributed by atoms with E-state index in [-0.39, 0.29) is 60.9 Å². The lowest BCUT2D eigenvalue weighted by Crippen LogP contribution is -2.43. The number of hydrogen-bond acceptors (Lipinski definition) is 5. The number of allylic oxidation sites excluding steroid dienone is 2. The molecule has 0 aromatic rings. The van der Waals surface area contributed by atoms with Crippen molar-refractivity contribution in [1.82, 2.24) is 14.9 Å². The summed E-state index contributed by atoms with van der Waals surface area (Å²) in [4.78, 5) is 37.8. The van der Waals surface area contributed by atoms with Gasteiger partial charge in [0.15, 0.2) is 0 Å². The van der Waals surface area contributed by atoms with E-state index in [2.05, 4.69) is 10.0 Å². The highest BCUT2D eigenvalue weighted by Gasteiger charge is 2.59. The van der Waals surface area contributed by atoms with Gasteiger partial charge in [-0.2, -0.15) is 0 Å². The molecule has 3 aliphatic rings. The Balaban J connectivity index is 1.49. The first-order valence-corrected chi connectivity index (χ1v) is 9.77. The molecule has 1 saturated heterocycles. The van der Waals surface area contributed by atoms with Crippen molar-refractivity contribution in [3.8, 4) is 0 Å². The molecule has 3 rings (SSSR count). The van der Waals surface area contributed by atoms with Crippen molar-refractivity contribution >= 4 is 27.7 Å². The molecule has 1 heterocycles. The van der Waals surface area contributed by atoms with Gasteiger partial charge in [0.05, 0.1) is 17.6 Å². The zero-order valence-corrected chi connectivity index (χ0v) is 14.2. The average molecular weight is 355 g/mol. The van der Waals surface area contributed by atoms with Gasteiger partial charge in [-0.3, -0.25) is 19.3 Å². The van der Waals surface area contributed by atoms with Crippen molar-refractivity contribution in [3.63, 3.8) is 0 Å². The van der Waals surface area contributed by atoms with E-state index in [1.165, 1.54) is 6.92 Å². The van der Waals surface area contributed by atoms with Gasteiger partial charge in [-0.1, -0.05) is 12.2 Å². The van der Waals surface area contributed by atoms with Crippen molar-refractivity contribution in [2.45, 2.75) is 13.3 Å². The molecule has 9 heteroatoms. The molecule has 2 bridgehead atoms. The Morgan fingerprint density at radius 2 is 1.75 bits per heavy atom. The second-order valence-corrected chi connectivity index (χ2v) is 8.51. The molecule has 1 saturated carbocycles. The highest BCUT2D eigenvalue weighted by molar-refractivity contribution is 7.89. The van der Waals surface area contributed by atoms with Gasteiger partial charge in [0, 0.05) is 13.1 Å². The summed E-state index contributed by atoms with van der Waals surface area (Å²) in [7, 11) is -3.30. The maximum absolute atomic E-state index is 12.4. The highest BCUT2D eigenvalue weighted by atomic mass is 32.2. The van der Waals surface area contributed by atoms with Crippen LogP contribution in [0.25, 0.3) is 0 Å². The van der Waals surface area contributed by atoms with E-state index < -0.39 is 15.9 Å².